The van der Waals surface area contributed by atoms with Gasteiger partial charge in [0.1, 0.15) is 12.4 Å². The second kappa shape index (κ2) is 10.6. The molecule has 0 atom stereocenters. The van der Waals surface area contributed by atoms with Gasteiger partial charge in [0.05, 0.1) is 6.21 Å². The largest absolute Gasteiger partial charge is 0.489 e. The summed E-state index contributed by atoms with van der Waals surface area (Å²) < 4.78 is 5.86. The number of hydrazone groups is 1. The fourth-order valence-corrected chi connectivity index (χ4v) is 3.06. The Hall–Kier alpha value is -3.93. The Morgan fingerprint density at radius 2 is 1.55 bits per heavy atom. The van der Waals surface area contributed by atoms with E-state index >= 15 is 0 Å². The van der Waals surface area contributed by atoms with E-state index < -0.39 is 0 Å². The summed E-state index contributed by atoms with van der Waals surface area (Å²) in [6.07, 6.45) is 1.54. The minimum atomic E-state index is -0.300. The molecule has 0 radical (unpaired) electrons. The molecule has 2 amide bonds. The fraction of sp³-hybridized carbons (Fsp3) is 0.222. The molecule has 0 aliphatic carbocycles. The van der Waals surface area contributed by atoms with E-state index in [1.54, 1.807) is 42.6 Å². The highest BCUT2D eigenvalue weighted by Gasteiger charge is 2.13. The molecule has 6 heteroatoms. The van der Waals surface area contributed by atoms with Gasteiger partial charge in [-0.05, 0) is 58.5 Å². The zero-order valence-corrected chi connectivity index (χ0v) is 19.4. The van der Waals surface area contributed by atoms with Gasteiger partial charge in [-0.1, -0.05) is 57.2 Å². The van der Waals surface area contributed by atoms with Gasteiger partial charge in [0.15, 0.2) is 0 Å². The smallest absolute Gasteiger partial charge is 0.271 e. The molecule has 0 bridgehead atoms. The van der Waals surface area contributed by atoms with Gasteiger partial charge in [-0.2, -0.15) is 5.10 Å². The first kappa shape index (κ1) is 23.7. The zero-order valence-electron chi connectivity index (χ0n) is 19.4. The number of carbonyl (C=O) groups excluding carboxylic acids is 2. The minimum absolute atomic E-state index is 0.108. The first-order valence-electron chi connectivity index (χ1n) is 10.7. The number of hydrogen-bond donors (Lipinski definition) is 2. The second-order valence-corrected chi connectivity index (χ2v) is 8.76. The maximum atomic E-state index is 12.3. The van der Waals surface area contributed by atoms with Crippen LogP contribution in [0.15, 0.2) is 77.9 Å². The summed E-state index contributed by atoms with van der Waals surface area (Å²) in [5.41, 5.74) is 6.86. The first-order chi connectivity index (χ1) is 15.7. The Morgan fingerprint density at radius 3 is 2.12 bits per heavy atom. The van der Waals surface area contributed by atoms with Crippen molar-refractivity contribution in [1.29, 1.82) is 0 Å². The normalized spacial score (nSPS) is 11.3. The Bertz CT molecular complexity index is 1110. The average Bonchev–Trinajstić information content (AvgIpc) is 2.78. The highest BCUT2D eigenvalue weighted by Crippen LogP contribution is 2.24. The fourth-order valence-electron chi connectivity index (χ4n) is 3.06. The Morgan fingerprint density at radius 1 is 0.909 bits per heavy atom. The van der Waals surface area contributed by atoms with Crippen molar-refractivity contribution in [3.8, 4) is 5.75 Å². The van der Waals surface area contributed by atoms with E-state index in [-0.39, 0.29) is 17.2 Å². The van der Waals surface area contributed by atoms with Crippen LogP contribution in [0.25, 0.3) is 0 Å². The second-order valence-electron chi connectivity index (χ2n) is 8.76. The lowest BCUT2D eigenvalue weighted by molar-refractivity contribution is -0.114. The highest BCUT2D eigenvalue weighted by molar-refractivity contribution is 5.95. The summed E-state index contributed by atoms with van der Waals surface area (Å²) in [6.45, 7) is 8.41. The molecule has 0 aromatic heterocycles. The van der Waals surface area contributed by atoms with Crippen molar-refractivity contribution < 1.29 is 14.3 Å². The summed E-state index contributed by atoms with van der Waals surface area (Å²) >= 11 is 0. The molecular weight excluding hydrogens is 414 g/mol. The standard InChI is InChI=1S/C27H29N3O3/c1-19(31)29-24-13-7-20(8-14-24)17-28-30-26(32)22-9-5-21(6-10-22)18-33-25-15-11-23(12-16-25)27(2,3)4/h5-17H,18H2,1-4H3,(H,29,31)(H,30,32)/b28-17-. The van der Waals surface area contributed by atoms with Gasteiger partial charge < -0.3 is 10.1 Å². The van der Waals surface area contributed by atoms with Crippen LogP contribution < -0.4 is 15.5 Å². The van der Waals surface area contributed by atoms with Crippen molar-refractivity contribution >= 4 is 23.7 Å². The maximum absolute atomic E-state index is 12.3. The Labute approximate surface area is 194 Å². The van der Waals surface area contributed by atoms with Crippen molar-refractivity contribution in [2.75, 3.05) is 5.32 Å². The van der Waals surface area contributed by atoms with E-state index in [1.165, 1.54) is 12.5 Å². The lowest BCUT2D eigenvalue weighted by atomic mass is 9.87. The predicted molar refractivity (Wildman–Crippen MR) is 132 cm³/mol. The molecule has 170 valence electrons. The zero-order chi connectivity index (χ0) is 23.8. The number of carbonyl (C=O) groups is 2. The van der Waals surface area contributed by atoms with Gasteiger partial charge in [-0.25, -0.2) is 5.43 Å². The lowest BCUT2D eigenvalue weighted by Crippen LogP contribution is -2.17. The van der Waals surface area contributed by atoms with Crippen LogP contribution in [0.1, 0.15) is 54.7 Å². The van der Waals surface area contributed by atoms with Crippen LogP contribution in [0.2, 0.25) is 0 Å². The Kier molecular flexibility index (Phi) is 7.61. The summed E-state index contributed by atoms with van der Waals surface area (Å²) in [5, 5.41) is 6.69. The number of rotatable bonds is 7. The summed E-state index contributed by atoms with van der Waals surface area (Å²) in [7, 11) is 0. The van der Waals surface area contributed by atoms with Gasteiger partial charge in [0, 0.05) is 18.2 Å². The first-order valence-corrected chi connectivity index (χ1v) is 10.7. The van der Waals surface area contributed by atoms with E-state index in [1.807, 2.05) is 24.3 Å². The number of hydrogen-bond acceptors (Lipinski definition) is 4. The van der Waals surface area contributed by atoms with Crippen molar-refractivity contribution in [1.82, 2.24) is 5.43 Å². The van der Waals surface area contributed by atoms with Crippen molar-refractivity contribution in [3.05, 3.63) is 95.1 Å². The molecule has 3 rings (SSSR count). The topological polar surface area (TPSA) is 79.8 Å². The molecule has 0 heterocycles. The average molecular weight is 444 g/mol. The van der Waals surface area contributed by atoms with Crippen molar-refractivity contribution in [2.45, 2.75) is 39.7 Å². The van der Waals surface area contributed by atoms with Crippen LogP contribution >= 0.6 is 0 Å². The van der Waals surface area contributed by atoms with Crippen LogP contribution in [0.4, 0.5) is 5.69 Å². The van der Waals surface area contributed by atoms with Gasteiger partial charge >= 0.3 is 0 Å². The number of benzene rings is 3. The van der Waals surface area contributed by atoms with Crippen LogP contribution in [0.3, 0.4) is 0 Å². The van der Waals surface area contributed by atoms with Crippen molar-refractivity contribution in [3.63, 3.8) is 0 Å². The molecule has 0 aliphatic rings. The van der Waals surface area contributed by atoms with Crippen LogP contribution in [-0.2, 0) is 16.8 Å². The molecule has 6 nitrogen and oxygen atoms in total. The Balaban J connectivity index is 1.49. The number of anilines is 1. The van der Waals surface area contributed by atoms with E-state index in [0.717, 1.165) is 16.9 Å². The molecule has 0 saturated carbocycles. The maximum Gasteiger partial charge on any atom is 0.271 e. The SMILES string of the molecule is CC(=O)Nc1ccc(/C=N\NC(=O)c2ccc(COc3ccc(C(C)(C)C)cc3)cc2)cc1. The quantitative estimate of drug-likeness (QED) is 0.385. The third-order valence-electron chi connectivity index (χ3n) is 4.95. The molecule has 3 aromatic rings. The van der Waals surface area contributed by atoms with Gasteiger partial charge in [0.25, 0.3) is 5.91 Å². The minimum Gasteiger partial charge on any atom is -0.489 e. The monoisotopic (exact) mass is 443 g/mol. The van der Waals surface area contributed by atoms with Gasteiger partial charge in [-0.3, -0.25) is 9.59 Å². The van der Waals surface area contributed by atoms with Gasteiger partial charge in [-0.15, -0.1) is 0 Å². The van der Waals surface area contributed by atoms with Crippen LogP contribution in [0.5, 0.6) is 5.75 Å². The summed E-state index contributed by atoms with van der Waals surface area (Å²) in [5.74, 6) is 0.381. The predicted octanol–water partition coefficient (Wildman–Crippen LogP) is 5.29. The van der Waals surface area contributed by atoms with E-state index in [9.17, 15) is 9.59 Å². The van der Waals surface area contributed by atoms with Crippen molar-refractivity contribution in [2.24, 2.45) is 5.10 Å². The van der Waals surface area contributed by atoms with Gasteiger partial charge in [0.2, 0.25) is 5.91 Å². The highest BCUT2D eigenvalue weighted by atomic mass is 16.5. The molecule has 33 heavy (non-hydrogen) atoms. The van der Waals surface area contributed by atoms with E-state index in [4.69, 9.17) is 4.74 Å². The molecule has 0 aliphatic heterocycles. The number of nitrogens with zero attached hydrogens (tertiary/aromatic N) is 1. The number of nitrogens with one attached hydrogen (secondary N) is 2. The summed E-state index contributed by atoms with van der Waals surface area (Å²) in [6, 6.07) is 22.5. The molecule has 0 saturated heterocycles. The van der Waals surface area contributed by atoms with E-state index in [2.05, 4.69) is 48.7 Å². The molecule has 0 unspecified atom stereocenters. The number of amides is 2. The molecule has 3 aromatic carbocycles. The third-order valence-corrected chi connectivity index (χ3v) is 4.95. The summed E-state index contributed by atoms with van der Waals surface area (Å²) in [4.78, 5) is 23.4. The van der Waals surface area contributed by atoms with E-state index in [0.29, 0.717) is 17.9 Å². The molecule has 2 N–H and O–H groups in total. The molecular formula is C27H29N3O3. The molecule has 0 fully saturated rings. The number of ether oxygens (including phenoxy) is 1. The third kappa shape index (κ3) is 7.31. The van der Waals surface area contributed by atoms with Crippen LogP contribution in [0, 0.1) is 0 Å². The molecule has 0 spiro atoms. The van der Waals surface area contributed by atoms with Crippen LogP contribution in [-0.4, -0.2) is 18.0 Å². The lowest BCUT2D eigenvalue weighted by Gasteiger charge is -2.19.